The Balaban J connectivity index is 1.86. The summed E-state index contributed by atoms with van der Waals surface area (Å²) < 4.78 is 0. The van der Waals surface area contributed by atoms with E-state index in [0.29, 0.717) is 11.9 Å². The standard InChI is InChI=1S/C19H21N5/c20-23-19-21-17-12-5-4-11-16(17)18(22-19)24(13-14-7-6-8-14)15-9-2-1-3-10-15/h1-5,9-12,14H,6-8,13,20H2,(H,21,22,23). The minimum absolute atomic E-state index is 0.443. The van der Waals surface area contributed by atoms with Gasteiger partial charge in [0.1, 0.15) is 5.82 Å². The smallest absolute Gasteiger partial charge is 0.239 e. The highest BCUT2D eigenvalue weighted by molar-refractivity contribution is 5.92. The van der Waals surface area contributed by atoms with Gasteiger partial charge in [-0.25, -0.2) is 10.8 Å². The van der Waals surface area contributed by atoms with Crippen LogP contribution in [0.15, 0.2) is 54.6 Å². The van der Waals surface area contributed by atoms with E-state index in [1.807, 2.05) is 24.3 Å². The molecule has 0 unspecified atom stereocenters. The Morgan fingerprint density at radius 2 is 1.75 bits per heavy atom. The maximum absolute atomic E-state index is 5.59. The molecule has 122 valence electrons. The molecular formula is C19H21N5. The summed E-state index contributed by atoms with van der Waals surface area (Å²) >= 11 is 0. The zero-order valence-electron chi connectivity index (χ0n) is 13.5. The number of nitrogens with one attached hydrogen (secondary N) is 1. The predicted molar refractivity (Wildman–Crippen MR) is 98.1 cm³/mol. The summed E-state index contributed by atoms with van der Waals surface area (Å²) in [7, 11) is 0. The number of rotatable bonds is 5. The highest BCUT2D eigenvalue weighted by Gasteiger charge is 2.24. The monoisotopic (exact) mass is 319 g/mol. The Morgan fingerprint density at radius 3 is 2.46 bits per heavy atom. The van der Waals surface area contributed by atoms with Crippen LogP contribution in [0.2, 0.25) is 0 Å². The van der Waals surface area contributed by atoms with Crippen LogP contribution in [0, 0.1) is 5.92 Å². The van der Waals surface area contributed by atoms with Crippen LogP contribution in [-0.4, -0.2) is 16.5 Å². The first-order chi connectivity index (χ1) is 11.8. The van der Waals surface area contributed by atoms with Gasteiger partial charge < -0.3 is 4.90 Å². The van der Waals surface area contributed by atoms with Crippen molar-refractivity contribution in [3.8, 4) is 0 Å². The molecule has 0 amide bonds. The van der Waals surface area contributed by atoms with Gasteiger partial charge in [0, 0.05) is 17.6 Å². The van der Waals surface area contributed by atoms with Crippen molar-refractivity contribution in [3.05, 3.63) is 54.6 Å². The molecule has 2 aromatic carbocycles. The quantitative estimate of drug-likeness (QED) is 0.552. The molecule has 5 heteroatoms. The third-order valence-corrected chi connectivity index (χ3v) is 4.70. The molecule has 0 atom stereocenters. The van der Waals surface area contributed by atoms with E-state index in [-0.39, 0.29) is 0 Å². The second-order valence-electron chi connectivity index (χ2n) is 6.28. The van der Waals surface area contributed by atoms with E-state index in [1.54, 1.807) is 0 Å². The van der Waals surface area contributed by atoms with E-state index in [2.05, 4.69) is 50.6 Å². The molecule has 3 aromatic rings. The highest BCUT2D eigenvalue weighted by atomic mass is 15.3. The van der Waals surface area contributed by atoms with Crippen LogP contribution in [0.4, 0.5) is 17.5 Å². The molecule has 5 nitrogen and oxygen atoms in total. The van der Waals surface area contributed by atoms with Crippen molar-refractivity contribution >= 4 is 28.4 Å². The van der Waals surface area contributed by atoms with E-state index in [1.165, 1.54) is 19.3 Å². The number of para-hydroxylation sites is 2. The molecule has 1 aliphatic rings. The average Bonchev–Trinajstić information content (AvgIpc) is 2.61. The van der Waals surface area contributed by atoms with Crippen molar-refractivity contribution in [2.75, 3.05) is 16.9 Å². The van der Waals surface area contributed by atoms with Crippen LogP contribution in [0.1, 0.15) is 19.3 Å². The van der Waals surface area contributed by atoms with Crippen LogP contribution in [0.3, 0.4) is 0 Å². The molecule has 0 radical (unpaired) electrons. The number of aromatic nitrogens is 2. The number of nitrogen functional groups attached to an aromatic ring is 1. The summed E-state index contributed by atoms with van der Waals surface area (Å²) in [4.78, 5) is 11.5. The van der Waals surface area contributed by atoms with E-state index in [9.17, 15) is 0 Å². The maximum atomic E-state index is 5.59. The van der Waals surface area contributed by atoms with E-state index < -0.39 is 0 Å². The van der Waals surface area contributed by atoms with Gasteiger partial charge in [-0.05, 0) is 43.0 Å². The molecule has 0 saturated heterocycles. The Bertz CT molecular complexity index is 830. The predicted octanol–water partition coefficient (Wildman–Crippen LogP) is 3.85. The van der Waals surface area contributed by atoms with E-state index in [0.717, 1.165) is 29.0 Å². The molecule has 3 N–H and O–H groups in total. The zero-order chi connectivity index (χ0) is 16.4. The van der Waals surface area contributed by atoms with Gasteiger partial charge in [0.25, 0.3) is 0 Å². The molecule has 1 aromatic heterocycles. The van der Waals surface area contributed by atoms with Gasteiger partial charge in [-0.1, -0.05) is 36.8 Å². The lowest BCUT2D eigenvalue weighted by Gasteiger charge is -2.33. The van der Waals surface area contributed by atoms with Crippen molar-refractivity contribution in [2.24, 2.45) is 11.8 Å². The van der Waals surface area contributed by atoms with Crippen LogP contribution in [0.25, 0.3) is 10.9 Å². The maximum Gasteiger partial charge on any atom is 0.239 e. The first-order valence-electron chi connectivity index (χ1n) is 8.41. The van der Waals surface area contributed by atoms with Crippen molar-refractivity contribution in [2.45, 2.75) is 19.3 Å². The zero-order valence-corrected chi connectivity index (χ0v) is 13.5. The highest BCUT2D eigenvalue weighted by Crippen LogP contribution is 2.35. The summed E-state index contributed by atoms with van der Waals surface area (Å²) in [6.07, 6.45) is 3.90. The third kappa shape index (κ3) is 2.78. The topological polar surface area (TPSA) is 67.1 Å². The molecule has 1 aliphatic carbocycles. The Morgan fingerprint density at radius 1 is 1.00 bits per heavy atom. The summed E-state index contributed by atoms with van der Waals surface area (Å²) in [5.41, 5.74) is 4.64. The number of hydrazine groups is 1. The van der Waals surface area contributed by atoms with Gasteiger partial charge in [0.05, 0.1) is 5.52 Å². The second kappa shape index (κ2) is 6.45. The fourth-order valence-corrected chi connectivity index (χ4v) is 3.19. The van der Waals surface area contributed by atoms with Crippen molar-refractivity contribution in [1.29, 1.82) is 0 Å². The number of nitrogens with zero attached hydrogens (tertiary/aromatic N) is 3. The molecule has 0 bridgehead atoms. The van der Waals surface area contributed by atoms with E-state index in [4.69, 9.17) is 5.84 Å². The first-order valence-corrected chi connectivity index (χ1v) is 8.41. The summed E-state index contributed by atoms with van der Waals surface area (Å²) in [6.45, 7) is 0.967. The number of hydrogen-bond donors (Lipinski definition) is 2. The van der Waals surface area contributed by atoms with Crippen LogP contribution in [0.5, 0.6) is 0 Å². The lowest BCUT2D eigenvalue weighted by Crippen LogP contribution is -2.30. The second-order valence-corrected chi connectivity index (χ2v) is 6.28. The van der Waals surface area contributed by atoms with Crippen molar-refractivity contribution in [1.82, 2.24) is 9.97 Å². The number of hydrogen-bond acceptors (Lipinski definition) is 5. The Hall–Kier alpha value is -2.66. The fraction of sp³-hybridized carbons (Fsp3) is 0.263. The summed E-state index contributed by atoms with van der Waals surface area (Å²) in [5, 5.41) is 1.04. The molecular weight excluding hydrogens is 298 g/mol. The molecule has 0 spiro atoms. The van der Waals surface area contributed by atoms with Crippen LogP contribution in [-0.2, 0) is 0 Å². The summed E-state index contributed by atoms with van der Waals surface area (Å²) in [5.74, 6) is 7.66. The summed E-state index contributed by atoms with van der Waals surface area (Å²) in [6, 6.07) is 18.5. The van der Waals surface area contributed by atoms with Gasteiger partial charge in [0.2, 0.25) is 5.95 Å². The van der Waals surface area contributed by atoms with Gasteiger partial charge in [-0.2, -0.15) is 4.98 Å². The molecule has 0 aliphatic heterocycles. The minimum atomic E-state index is 0.443. The molecule has 1 fully saturated rings. The first kappa shape index (κ1) is 14.9. The largest absolute Gasteiger partial charge is 0.325 e. The molecule has 1 saturated carbocycles. The normalized spacial score (nSPS) is 14.4. The van der Waals surface area contributed by atoms with Gasteiger partial charge in [-0.3, -0.25) is 5.43 Å². The van der Waals surface area contributed by atoms with Crippen molar-refractivity contribution < 1.29 is 0 Å². The Labute approximate surface area is 141 Å². The van der Waals surface area contributed by atoms with E-state index >= 15 is 0 Å². The number of fused-ring (bicyclic) bond motifs is 1. The molecule has 24 heavy (non-hydrogen) atoms. The number of anilines is 3. The lowest BCUT2D eigenvalue weighted by molar-refractivity contribution is 0.324. The van der Waals surface area contributed by atoms with Crippen LogP contribution >= 0.6 is 0 Å². The van der Waals surface area contributed by atoms with Crippen LogP contribution < -0.4 is 16.2 Å². The number of nitrogens with two attached hydrogens (primary N) is 1. The van der Waals surface area contributed by atoms with Gasteiger partial charge in [0.15, 0.2) is 0 Å². The molecule has 1 heterocycles. The Kier molecular flexibility index (Phi) is 4.01. The van der Waals surface area contributed by atoms with Gasteiger partial charge >= 0.3 is 0 Å². The van der Waals surface area contributed by atoms with Gasteiger partial charge in [-0.15, -0.1) is 0 Å². The fourth-order valence-electron chi connectivity index (χ4n) is 3.19. The third-order valence-electron chi connectivity index (χ3n) is 4.70. The SMILES string of the molecule is NNc1nc(N(CC2CCC2)c2ccccc2)c2ccccc2n1. The van der Waals surface area contributed by atoms with Crippen molar-refractivity contribution in [3.63, 3.8) is 0 Å². The number of benzene rings is 2. The molecule has 4 rings (SSSR count). The lowest BCUT2D eigenvalue weighted by atomic mass is 9.85. The minimum Gasteiger partial charge on any atom is -0.325 e. The average molecular weight is 319 g/mol.